The highest BCUT2D eigenvalue weighted by molar-refractivity contribution is 6.08. The summed E-state index contributed by atoms with van der Waals surface area (Å²) in [4.78, 5) is 25.0. The van der Waals surface area contributed by atoms with Crippen molar-refractivity contribution in [3.63, 3.8) is 0 Å². The van der Waals surface area contributed by atoms with Crippen molar-refractivity contribution in [3.8, 4) is 0 Å². The predicted molar refractivity (Wildman–Crippen MR) is 105 cm³/mol. The molecule has 1 aromatic heterocycles. The van der Waals surface area contributed by atoms with Gasteiger partial charge in [0.25, 0.3) is 5.91 Å². The van der Waals surface area contributed by atoms with Crippen molar-refractivity contribution in [2.24, 2.45) is 0 Å². The first-order chi connectivity index (χ1) is 13.3. The van der Waals surface area contributed by atoms with Gasteiger partial charge in [-0.15, -0.1) is 0 Å². The first kappa shape index (κ1) is 15.3. The van der Waals surface area contributed by atoms with E-state index in [0.717, 1.165) is 36.1 Å². The van der Waals surface area contributed by atoms with Gasteiger partial charge in [-0.25, -0.2) is 9.97 Å². The topological polar surface area (TPSA) is 46.1 Å². The number of fused-ring (bicyclic) bond motifs is 7. The highest BCUT2D eigenvalue weighted by Crippen LogP contribution is 2.51. The molecular weight excluding hydrogens is 334 g/mol. The second kappa shape index (κ2) is 5.62. The molecule has 1 saturated carbocycles. The van der Waals surface area contributed by atoms with Crippen molar-refractivity contribution in [2.45, 2.75) is 43.9 Å². The molecule has 3 aromatic rings. The Hall–Kier alpha value is -2.75. The van der Waals surface area contributed by atoms with Crippen LogP contribution in [0.2, 0.25) is 0 Å². The number of hydrogen-bond acceptors (Lipinski definition) is 3. The molecule has 1 amide bonds. The van der Waals surface area contributed by atoms with E-state index in [4.69, 9.17) is 9.97 Å². The van der Waals surface area contributed by atoms with Crippen LogP contribution in [0, 0.1) is 0 Å². The third kappa shape index (κ3) is 2.25. The van der Waals surface area contributed by atoms with Crippen LogP contribution in [0.3, 0.4) is 0 Å². The van der Waals surface area contributed by atoms with E-state index in [9.17, 15) is 4.79 Å². The van der Waals surface area contributed by atoms with E-state index in [1.807, 2.05) is 35.2 Å². The van der Waals surface area contributed by atoms with Crippen LogP contribution >= 0.6 is 0 Å². The van der Waals surface area contributed by atoms with Crippen LogP contribution in [-0.2, 0) is 6.42 Å². The van der Waals surface area contributed by atoms with Crippen LogP contribution in [0.5, 0.6) is 0 Å². The number of aromatic nitrogens is 2. The van der Waals surface area contributed by atoms with Gasteiger partial charge < -0.3 is 4.90 Å². The molecule has 0 radical (unpaired) electrons. The summed E-state index contributed by atoms with van der Waals surface area (Å²) in [6.45, 7) is 0.771. The number of rotatable bonds is 1. The molecule has 2 aromatic carbocycles. The Morgan fingerprint density at radius 2 is 1.74 bits per heavy atom. The number of para-hydroxylation sites is 1. The van der Waals surface area contributed by atoms with Crippen molar-refractivity contribution in [3.05, 3.63) is 65.0 Å². The van der Waals surface area contributed by atoms with Gasteiger partial charge in [0.15, 0.2) is 0 Å². The lowest BCUT2D eigenvalue weighted by Crippen LogP contribution is -2.35. The summed E-state index contributed by atoms with van der Waals surface area (Å²) >= 11 is 0. The van der Waals surface area contributed by atoms with E-state index in [2.05, 4.69) is 12.1 Å². The Kier molecular flexibility index (Phi) is 3.19. The molecule has 2 heterocycles. The van der Waals surface area contributed by atoms with Crippen molar-refractivity contribution >= 4 is 22.6 Å². The van der Waals surface area contributed by atoms with E-state index in [0.29, 0.717) is 17.4 Å². The van der Waals surface area contributed by atoms with Gasteiger partial charge in [0.05, 0.1) is 22.4 Å². The first-order valence-electron chi connectivity index (χ1n) is 9.99. The van der Waals surface area contributed by atoms with E-state index >= 15 is 0 Å². The average Bonchev–Trinajstić information content (AvgIpc) is 3.33. The minimum absolute atomic E-state index is 0.0628. The minimum atomic E-state index is 0.0628. The lowest BCUT2D eigenvalue weighted by molar-refractivity contribution is 0.0985. The van der Waals surface area contributed by atoms with E-state index in [1.165, 1.54) is 36.2 Å². The van der Waals surface area contributed by atoms with Crippen LogP contribution in [0.4, 0.5) is 5.69 Å². The molecular formula is C23H21N3O. The summed E-state index contributed by atoms with van der Waals surface area (Å²) in [7, 11) is 0. The highest BCUT2D eigenvalue weighted by Gasteiger charge is 2.39. The summed E-state index contributed by atoms with van der Waals surface area (Å²) < 4.78 is 0. The molecule has 2 aliphatic carbocycles. The van der Waals surface area contributed by atoms with Crippen LogP contribution in [0.15, 0.2) is 42.5 Å². The number of amides is 1. The lowest BCUT2D eigenvalue weighted by Gasteiger charge is -2.29. The molecule has 1 aliphatic heterocycles. The number of hydrogen-bond donors (Lipinski definition) is 0. The molecule has 4 heteroatoms. The molecule has 6 rings (SSSR count). The summed E-state index contributed by atoms with van der Waals surface area (Å²) in [5.41, 5.74) is 7.18. The minimum Gasteiger partial charge on any atom is -0.308 e. The molecule has 0 saturated heterocycles. The number of anilines is 1. The fourth-order valence-corrected chi connectivity index (χ4v) is 5.19. The second-order valence-corrected chi connectivity index (χ2v) is 8.09. The fourth-order valence-electron chi connectivity index (χ4n) is 5.19. The first-order valence-corrected chi connectivity index (χ1v) is 9.99. The Balaban J connectivity index is 1.41. The molecule has 27 heavy (non-hydrogen) atoms. The van der Waals surface area contributed by atoms with Gasteiger partial charge in [0.2, 0.25) is 0 Å². The smallest absolute Gasteiger partial charge is 0.258 e. The second-order valence-electron chi connectivity index (χ2n) is 8.09. The van der Waals surface area contributed by atoms with E-state index < -0.39 is 0 Å². The molecule has 0 N–H and O–H groups in total. The fraction of sp³-hybridized carbons (Fsp3) is 0.348. The Morgan fingerprint density at radius 3 is 2.59 bits per heavy atom. The van der Waals surface area contributed by atoms with Crippen LogP contribution in [0.1, 0.15) is 64.8 Å². The van der Waals surface area contributed by atoms with Crippen molar-refractivity contribution in [1.29, 1.82) is 0 Å². The van der Waals surface area contributed by atoms with Gasteiger partial charge in [-0.3, -0.25) is 4.79 Å². The molecule has 0 spiro atoms. The van der Waals surface area contributed by atoms with Crippen molar-refractivity contribution in [1.82, 2.24) is 9.97 Å². The van der Waals surface area contributed by atoms with Gasteiger partial charge >= 0.3 is 0 Å². The molecule has 134 valence electrons. The standard InChI is InChI=1S/C23H21N3O/c27-23(26-11-3-5-14-4-1-2-6-20(14)26)17-9-10-18-19(13-17)25-22-16-8-7-15(12-16)21(22)24-18/h1-2,4,6,9-10,13,15-16H,3,5,7-8,11-12H2. The highest BCUT2D eigenvalue weighted by atomic mass is 16.2. The van der Waals surface area contributed by atoms with Gasteiger partial charge in [-0.05, 0) is 61.9 Å². The summed E-state index contributed by atoms with van der Waals surface area (Å²) in [6, 6.07) is 14.1. The summed E-state index contributed by atoms with van der Waals surface area (Å²) in [6.07, 6.45) is 5.75. The number of carbonyl (C=O) groups excluding carboxylic acids is 1. The average molecular weight is 355 g/mol. The summed E-state index contributed by atoms with van der Waals surface area (Å²) in [5.74, 6) is 1.25. The molecule has 2 atom stereocenters. The molecule has 2 unspecified atom stereocenters. The van der Waals surface area contributed by atoms with Gasteiger partial charge in [0.1, 0.15) is 0 Å². The number of nitrogens with zero attached hydrogens (tertiary/aromatic N) is 3. The van der Waals surface area contributed by atoms with E-state index in [-0.39, 0.29) is 5.91 Å². The zero-order valence-electron chi connectivity index (χ0n) is 15.2. The van der Waals surface area contributed by atoms with Gasteiger partial charge in [0, 0.05) is 29.6 Å². The molecule has 1 fully saturated rings. The van der Waals surface area contributed by atoms with Crippen LogP contribution < -0.4 is 4.90 Å². The lowest BCUT2D eigenvalue weighted by atomic mass is 9.99. The number of aryl methyl sites for hydroxylation is 1. The van der Waals surface area contributed by atoms with Crippen LogP contribution in [-0.4, -0.2) is 22.4 Å². The monoisotopic (exact) mass is 355 g/mol. The Morgan fingerprint density at radius 1 is 0.963 bits per heavy atom. The SMILES string of the molecule is O=C(c1ccc2nc3c(nc2c1)C1CCC3C1)N1CCCc2ccccc21. The largest absolute Gasteiger partial charge is 0.308 e. The zero-order valence-corrected chi connectivity index (χ0v) is 15.2. The maximum atomic E-state index is 13.2. The van der Waals surface area contributed by atoms with Gasteiger partial charge in [-0.1, -0.05) is 18.2 Å². The summed E-state index contributed by atoms with van der Waals surface area (Å²) in [5, 5.41) is 0. The Bertz CT molecular complexity index is 1090. The van der Waals surface area contributed by atoms with E-state index in [1.54, 1.807) is 0 Å². The van der Waals surface area contributed by atoms with Crippen molar-refractivity contribution < 1.29 is 4.79 Å². The molecule has 4 nitrogen and oxygen atoms in total. The maximum absolute atomic E-state index is 13.2. The molecule has 2 bridgehead atoms. The zero-order chi connectivity index (χ0) is 18.0. The third-order valence-corrected chi connectivity index (χ3v) is 6.53. The van der Waals surface area contributed by atoms with Gasteiger partial charge in [-0.2, -0.15) is 0 Å². The Labute approximate surface area is 158 Å². The maximum Gasteiger partial charge on any atom is 0.258 e. The normalized spacial score (nSPS) is 22.7. The quantitative estimate of drug-likeness (QED) is 0.641. The van der Waals surface area contributed by atoms with Crippen molar-refractivity contribution in [2.75, 3.05) is 11.4 Å². The molecule has 3 aliphatic rings. The third-order valence-electron chi connectivity index (χ3n) is 6.53. The predicted octanol–water partition coefficient (Wildman–Crippen LogP) is 4.59. The number of benzene rings is 2. The van der Waals surface area contributed by atoms with Crippen LogP contribution in [0.25, 0.3) is 11.0 Å². The number of carbonyl (C=O) groups is 1.